The van der Waals surface area contributed by atoms with E-state index in [4.69, 9.17) is 5.73 Å². The monoisotopic (exact) mass is 266 g/mol. The summed E-state index contributed by atoms with van der Waals surface area (Å²) in [5.74, 6) is 1.87. The van der Waals surface area contributed by atoms with E-state index in [1.165, 1.54) is 0 Å². The first-order chi connectivity index (χ1) is 7.26. The van der Waals surface area contributed by atoms with Gasteiger partial charge in [-0.05, 0) is 13.8 Å². The lowest BCUT2D eigenvalue weighted by molar-refractivity contribution is 0.222. The van der Waals surface area contributed by atoms with Gasteiger partial charge in [-0.2, -0.15) is 11.8 Å². The molecule has 1 unspecified atom stereocenters. The molecule has 1 saturated heterocycles. The number of rotatable bonds is 4. The van der Waals surface area contributed by atoms with E-state index in [9.17, 15) is 8.42 Å². The second-order valence-corrected chi connectivity index (χ2v) is 8.54. The molecule has 1 rings (SSSR count). The molecule has 0 radical (unpaired) electrons. The van der Waals surface area contributed by atoms with Crippen LogP contribution in [0, 0.1) is 0 Å². The van der Waals surface area contributed by atoms with Crippen LogP contribution in [0.15, 0.2) is 0 Å². The molecule has 1 fully saturated rings. The Morgan fingerprint density at radius 2 is 2.12 bits per heavy atom. The van der Waals surface area contributed by atoms with E-state index in [1.807, 2.05) is 18.7 Å². The number of thioether (sulfide) groups is 1. The normalized spacial score (nSPS) is 24.6. The third-order valence-electron chi connectivity index (χ3n) is 2.62. The van der Waals surface area contributed by atoms with Crippen LogP contribution in [0.5, 0.6) is 0 Å². The maximum atomic E-state index is 12.0. The summed E-state index contributed by atoms with van der Waals surface area (Å²) in [6.07, 6.45) is 0. The number of hydrogen-bond donors (Lipinski definition) is 1. The number of hydrogen-bond acceptors (Lipinski definition) is 5. The SMILES string of the molecule is CCS(=O)(=O)C1CSCCN1CC(C)(C)N. The number of nitrogens with zero attached hydrogens (tertiary/aromatic N) is 1. The second kappa shape index (κ2) is 5.25. The van der Waals surface area contributed by atoms with Crippen LogP contribution < -0.4 is 5.73 Å². The van der Waals surface area contributed by atoms with Gasteiger partial charge in [0.05, 0.1) is 0 Å². The van der Waals surface area contributed by atoms with Gasteiger partial charge in [-0.15, -0.1) is 0 Å². The minimum atomic E-state index is -2.99. The first-order valence-corrected chi connectivity index (χ1v) is 8.45. The molecule has 6 heteroatoms. The van der Waals surface area contributed by atoms with Gasteiger partial charge in [0.2, 0.25) is 0 Å². The lowest BCUT2D eigenvalue weighted by Gasteiger charge is -2.38. The fourth-order valence-electron chi connectivity index (χ4n) is 1.84. The fraction of sp³-hybridized carbons (Fsp3) is 1.00. The van der Waals surface area contributed by atoms with Gasteiger partial charge in [0.15, 0.2) is 9.84 Å². The van der Waals surface area contributed by atoms with E-state index in [2.05, 4.69) is 0 Å². The highest BCUT2D eigenvalue weighted by Gasteiger charge is 2.34. The van der Waals surface area contributed by atoms with Crippen LogP contribution in [0.1, 0.15) is 20.8 Å². The highest BCUT2D eigenvalue weighted by Crippen LogP contribution is 2.22. The van der Waals surface area contributed by atoms with E-state index < -0.39 is 9.84 Å². The molecule has 0 amide bonds. The Balaban J connectivity index is 2.80. The van der Waals surface area contributed by atoms with Crippen molar-refractivity contribution in [2.24, 2.45) is 5.73 Å². The maximum Gasteiger partial charge on any atom is 0.166 e. The van der Waals surface area contributed by atoms with Crippen LogP contribution in [-0.4, -0.2) is 54.6 Å². The quantitative estimate of drug-likeness (QED) is 0.804. The van der Waals surface area contributed by atoms with Crippen LogP contribution in [0.3, 0.4) is 0 Å². The van der Waals surface area contributed by atoms with Crippen molar-refractivity contribution in [3.8, 4) is 0 Å². The molecule has 0 aromatic heterocycles. The Hall–Kier alpha value is 0.220. The van der Waals surface area contributed by atoms with Crippen molar-refractivity contribution in [1.82, 2.24) is 4.90 Å². The average molecular weight is 266 g/mol. The van der Waals surface area contributed by atoms with Crippen molar-refractivity contribution >= 4 is 21.6 Å². The standard InChI is InChI=1S/C10H22N2O2S2/c1-4-16(13,14)9-7-15-6-5-12(9)8-10(2,3)11/h9H,4-8,11H2,1-3H3. The molecule has 4 nitrogen and oxygen atoms in total. The van der Waals surface area contributed by atoms with E-state index in [1.54, 1.807) is 18.7 Å². The lowest BCUT2D eigenvalue weighted by Crippen LogP contribution is -2.54. The molecule has 1 atom stereocenters. The number of nitrogens with two attached hydrogens (primary N) is 1. The molecule has 1 aliphatic heterocycles. The third kappa shape index (κ3) is 3.91. The van der Waals surface area contributed by atoms with Crippen molar-refractivity contribution < 1.29 is 8.42 Å². The Bertz CT molecular complexity index is 322. The summed E-state index contributed by atoms with van der Waals surface area (Å²) >= 11 is 1.71. The molecule has 96 valence electrons. The maximum absolute atomic E-state index is 12.0. The van der Waals surface area contributed by atoms with Gasteiger partial charge in [-0.25, -0.2) is 8.42 Å². The molecule has 1 aliphatic rings. The molecular weight excluding hydrogens is 244 g/mol. The first kappa shape index (κ1) is 14.3. The van der Waals surface area contributed by atoms with Crippen molar-refractivity contribution in [3.63, 3.8) is 0 Å². The lowest BCUT2D eigenvalue weighted by atomic mass is 10.1. The summed E-state index contributed by atoms with van der Waals surface area (Å²) in [6, 6.07) is 0. The van der Waals surface area contributed by atoms with Crippen LogP contribution in [0.25, 0.3) is 0 Å². The molecular formula is C10H22N2O2S2. The third-order valence-corrected chi connectivity index (χ3v) is 5.95. The Morgan fingerprint density at radius 1 is 1.50 bits per heavy atom. The summed E-state index contributed by atoms with van der Waals surface area (Å²) in [5, 5.41) is -0.348. The zero-order chi connectivity index (χ0) is 12.4. The molecule has 0 spiro atoms. The van der Waals surface area contributed by atoms with E-state index in [-0.39, 0.29) is 16.7 Å². The van der Waals surface area contributed by atoms with E-state index in [0.717, 1.165) is 12.3 Å². The predicted octanol–water partition coefficient (Wildman–Crippen LogP) is 0.533. The summed E-state index contributed by atoms with van der Waals surface area (Å²) in [4.78, 5) is 2.02. The molecule has 0 aromatic rings. The minimum Gasteiger partial charge on any atom is -0.324 e. The van der Waals surface area contributed by atoms with Crippen LogP contribution in [0.4, 0.5) is 0 Å². The van der Waals surface area contributed by atoms with Crippen LogP contribution in [-0.2, 0) is 9.84 Å². The van der Waals surface area contributed by atoms with Crippen LogP contribution in [0.2, 0.25) is 0 Å². The van der Waals surface area contributed by atoms with Crippen molar-refractivity contribution in [1.29, 1.82) is 0 Å². The van der Waals surface area contributed by atoms with Crippen molar-refractivity contribution in [2.75, 3.05) is 30.3 Å². The highest BCUT2D eigenvalue weighted by atomic mass is 32.2. The van der Waals surface area contributed by atoms with E-state index >= 15 is 0 Å². The van der Waals surface area contributed by atoms with Gasteiger partial charge in [0.25, 0.3) is 0 Å². The smallest absolute Gasteiger partial charge is 0.166 e. The van der Waals surface area contributed by atoms with Gasteiger partial charge < -0.3 is 5.73 Å². The van der Waals surface area contributed by atoms with Gasteiger partial charge in [0, 0.05) is 35.9 Å². The van der Waals surface area contributed by atoms with Crippen molar-refractivity contribution in [3.05, 3.63) is 0 Å². The fourth-order valence-corrected chi connectivity index (χ4v) is 4.92. The Labute approximate surface area is 103 Å². The van der Waals surface area contributed by atoms with E-state index in [0.29, 0.717) is 12.3 Å². The Morgan fingerprint density at radius 3 is 2.62 bits per heavy atom. The molecule has 0 saturated carbocycles. The average Bonchev–Trinajstić information content (AvgIpc) is 2.16. The molecule has 0 aliphatic carbocycles. The van der Waals surface area contributed by atoms with Gasteiger partial charge in [-0.3, -0.25) is 4.90 Å². The zero-order valence-corrected chi connectivity index (χ0v) is 11.9. The Kier molecular flexibility index (Phi) is 4.68. The second-order valence-electron chi connectivity index (χ2n) is 4.94. The predicted molar refractivity (Wildman–Crippen MR) is 70.4 cm³/mol. The summed E-state index contributed by atoms with van der Waals surface area (Å²) in [7, 11) is -2.99. The topological polar surface area (TPSA) is 63.4 Å². The molecule has 2 N–H and O–H groups in total. The molecule has 0 aromatic carbocycles. The molecule has 0 bridgehead atoms. The summed E-state index contributed by atoms with van der Waals surface area (Å²) in [6.45, 7) is 7.03. The zero-order valence-electron chi connectivity index (χ0n) is 10.3. The molecule has 16 heavy (non-hydrogen) atoms. The minimum absolute atomic E-state index is 0.208. The summed E-state index contributed by atoms with van der Waals surface area (Å²) in [5.41, 5.74) is 5.63. The van der Waals surface area contributed by atoms with Gasteiger partial charge >= 0.3 is 0 Å². The summed E-state index contributed by atoms with van der Waals surface area (Å²) < 4.78 is 23.9. The van der Waals surface area contributed by atoms with Gasteiger partial charge in [0.1, 0.15) is 5.37 Å². The van der Waals surface area contributed by atoms with Gasteiger partial charge in [-0.1, -0.05) is 6.92 Å². The van der Waals surface area contributed by atoms with Crippen LogP contribution >= 0.6 is 11.8 Å². The highest BCUT2D eigenvalue weighted by molar-refractivity contribution is 8.01. The van der Waals surface area contributed by atoms with Crippen molar-refractivity contribution in [2.45, 2.75) is 31.7 Å². The first-order valence-electron chi connectivity index (χ1n) is 5.58. The number of sulfone groups is 1. The largest absolute Gasteiger partial charge is 0.324 e. The molecule has 1 heterocycles.